The van der Waals surface area contributed by atoms with Crippen LogP contribution in [0.15, 0.2) is 36.9 Å². The van der Waals surface area contributed by atoms with Gasteiger partial charge in [0, 0.05) is 6.42 Å². The number of ether oxygens (including phenoxy) is 1. The molecular formula is C18H27NO3S. The zero-order chi connectivity index (χ0) is 17.7. The first-order chi connectivity index (χ1) is 10.7. The number of rotatable bonds is 7. The van der Waals surface area contributed by atoms with E-state index in [0.717, 1.165) is 11.1 Å². The molecule has 128 valence electrons. The molecule has 0 amide bonds. The van der Waals surface area contributed by atoms with Crippen LogP contribution < -0.4 is 4.72 Å². The van der Waals surface area contributed by atoms with Crippen molar-refractivity contribution in [2.75, 3.05) is 7.11 Å². The second-order valence-corrected chi connectivity index (χ2v) is 8.52. The zero-order valence-corrected chi connectivity index (χ0v) is 15.5. The number of hydrogen-bond acceptors (Lipinski definition) is 3. The molecule has 0 aromatic heterocycles. The topological polar surface area (TPSA) is 55.4 Å². The van der Waals surface area contributed by atoms with E-state index in [4.69, 9.17) is 4.74 Å². The van der Waals surface area contributed by atoms with E-state index in [2.05, 4.69) is 11.3 Å². The van der Waals surface area contributed by atoms with E-state index in [-0.39, 0.29) is 0 Å². The number of esters is 1. The molecule has 0 radical (unpaired) electrons. The Morgan fingerprint density at radius 2 is 1.83 bits per heavy atom. The molecule has 1 unspecified atom stereocenters. The Morgan fingerprint density at radius 1 is 1.26 bits per heavy atom. The molecule has 0 aliphatic heterocycles. The molecule has 0 heterocycles. The van der Waals surface area contributed by atoms with E-state index in [1.807, 2.05) is 58.0 Å². The third-order valence-corrected chi connectivity index (χ3v) is 5.41. The van der Waals surface area contributed by atoms with Gasteiger partial charge in [-0.2, -0.15) is 0 Å². The summed E-state index contributed by atoms with van der Waals surface area (Å²) >= 11 is 0. The molecule has 1 aromatic rings. The third kappa shape index (κ3) is 5.01. The highest BCUT2D eigenvalue weighted by Gasteiger charge is 2.41. The van der Waals surface area contributed by atoms with Crippen molar-refractivity contribution in [1.82, 2.24) is 4.72 Å². The summed E-state index contributed by atoms with van der Waals surface area (Å²) in [6.45, 7) is 11.6. The summed E-state index contributed by atoms with van der Waals surface area (Å²) in [5.41, 5.74) is 0.702. The van der Waals surface area contributed by atoms with Crippen LogP contribution in [0.5, 0.6) is 0 Å². The molecule has 0 spiro atoms. The number of carbonyl (C=O) groups is 1. The molecular weight excluding hydrogens is 310 g/mol. The number of hydrogen-bond donors (Lipinski definition) is 1. The normalized spacial score (nSPS) is 15.5. The quantitative estimate of drug-likeness (QED) is 0.775. The van der Waals surface area contributed by atoms with Gasteiger partial charge in [0.25, 0.3) is 0 Å². The van der Waals surface area contributed by atoms with Gasteiger partial charge in [-0.1, -0.05) is 43.8 Å². The second kappa shape index (κ2) is 7.88. The van der Waals surface area contributed by atoms with Crippen molar-refractivity contribution in [3.63, 3.8) is 0 Å². The Kier molecular flexibility index (Phi) is 6.71. The van der Waals surface area contributed by atoms with Gasteiger partial charge in [-0.25, -0.2) is 8.93 Å². The van der Waals surface area contributed by atoms with Crippen molar-refractivity contribution in [3.05, 3.63) is 42.5 Å². The highest BCUT2D eigenvalue weighted by atomic mass is 32.2. The molecule has 0 fully saturated rings. The van der Waals surface area contributed by atoms with Crippen molar-refractivity contribution >= 4 is 22.5 Å². The van der Waals surface area contributed by atoms with Crippen molar-refractivity contribution < 1.29 is 13.7 Å². The smallest absolute Gasteiger partial charge is 0.327 e. The molecule has 1 N–H and O–H groups in total. The molecule has 0 aliphatic carbocycles. The van der Waals surface area contributed by atoms with E-state index in [9.17, 15) is 9.00 Å². The molecule has 23 heavy (non-hydrogen) atoms. The van der Waals surface area contributed by atoms with Crippen LogP contribution in [0.4, 0.5) is 0 Å². The predicted molar refractivity (Wildman–Crippen MR) is 96.2 cm³/mol. The highest BCUT2D eigenvalue weighted by molar-refractivity contribution is 7.84. The number of methoxy groups -OCH3 is 1. The lowest BCUT2D eigenvalue weighted by Crippen LogP contribution is -2.55. The third-order valence-electron chi connectivity index (χ3n) is 3.72. The van der Waals surface area contributed by atoms with Crippen LogP contribution in [-0.4, -0.2) is 27.6 Å². The molecule has 0 aliphatic rings. The fourth-order valence-electron chi connectivity index (χ4n) is 2.16. The van der Waals surface area contributed by atoms with Gasteiger partial charge in [0.05, 0.1) is 22.8 Å². The van der Waals surface area contributed by atoms with Crippen LogP contribution in [0.2, 0.25) is 0 Å². The van der Waals surface area contributed by atoms with Gasteiger partial charge in [-0.3, -0.25) is 4.79 Å². The molecule has 0 bridgehead atoms. The minimum Gasteiger partial charge on any atom is -0.468 e. The molecule has 1 aromatic carbocycles. The Morgan fingerprint density at radius 3 is 2.26 bits per heavy atom. The molecule has 1 rings (SSSR count). The monoisotopic (exact) mass is 337 g/mol. The maximum atomic E-state index is 12.5. The van der Waals surface area contributed by atoms with E-state index in [0.29, 0.717) is 12.8 Å². The van der Waals surface area contributed by atoms with Crippen LogP contribution in [-0.2, 0) is 20.5 Å². The second-order valence-electron chi connectivity index (χ2n) is 6.56. The van der Waals surface area contributed by atoms with Crippen LogP contribution in [0, 0.1) is 0 Å². The van der Waals surface area contributed by atoms with E-state index in [1.54, 1.807) is 0 Å². The minimum atomic E-state index is -1.39. The molecule has 0 saturated carbocycles. The standard InChI is InChI=1S/C18H27NO3S/c1-7-18(16(20)22-6,19-23(21)17(3,4)5)13-14(2)15-11-9-8-10-12-15/h8-12,19H,2,7,13H2,1,3-6H3/t18?,23-/m1/s1. The fourth-order valence-corrected chi connectivity index (χ4v) is 3.12. The summed E-state index contributed by atoms with van der Waals surface area (Å²) in [6.07, 6.45) is 0.787. The number of benzene rings is 1. The van der Waals surface area contributed by atoms with E-state index in [1.165, 1.54) is 7.11 Å². The van der Waals surface area contributed by atoms with E-state index < -0.39 is 27.2 Å². The van der Waals surface area contributed by atoms with Crippen LogP contribution in [0.1, 0.15) is 46.1 Å². The van der Waals surface area contributed by atoms with Gasteiger partial charge in [0.15, 0.2) is 0 Å². The predicted octanol–water partition coefficient (Wildman–Crippen LogP) is 3.46. The first-order valence-corrected chi connectivity index (χ1v) is 8.82. The van der Waals surface area contributed by atoms with Crippen molar-refractivity contribution in [1.29, 1.82) is 0 Å². The van der Waals surface area contributed by atoms with Crippen molar-refractivity contribution in [3.8, 4) is 0 Å². The average molecular weight is 337 g/mol. The molecule has 4 nitrogen and oxygen atoms in total. The summed E-state index contributed by atoms with van der Waals surface area (Å²) in [6, 6.07) is 9.67. The molecule has 2 atom stereocenters. The zero-order valence-electron chi connectivity index (χ0n) is 14.6. The van der Waals surface area contributed by atoms with Gasteiger partial charge in [0.1, 0.15) is 5.54 Å². The van der Waals surface area contributed by atoms with Crippen molar-refractivity contribution in [2.45, 2.75) is 50.8 Å². The molecule has 5 heteroatoms. The Labute approximate surface area is 141 Å². The van der Waals surface area contributed by atoms with Crippen LogP contribution >= 0.6 is 0 Å². The summed E-state index contributed by atoms with van der Waals surface area (Å²) in [4.78, 5) is 12.4. The number of nitrogens with one attached hydrogen (secondary N) is 1. The summed E-state index contributed by atoms with van der Waals surface area (Å²) in [5, 5.41) is 0. The maximum absolute atomic E-state index is 12.5. The van der Waals surface area contributed by atoms with Gasteiger partial charge in [-0.05, 0) is 38.3 Å². The maximum Gasteiger partial charge on any atom is 0.327 e. The fraction of sp³-hybridized carbons (Fsp3) is 0.500. The van der Waals surface area contributed by atoms with Crippen LogP contribution in [0.25, 0.3) is 5.57 Å². The van der Waals surface area contributed by atoms with E-state index >= 15 is 0 Å². The van der Waals surface area contributed by atoms with Crippen LogP contribution in [0.3, 0.4) is 0 Å². The van der Waals surface area contributed by atoms with Gasteiger partial charge >= 0.3 is 5.97 Å². The first kappa shape index (κ1) is 19.6. The Balaban J connectivity index is 3.12. The lowest BCUT2D eigenvalue weighted by Gasteiger charge is -2.34. The van der Waals surface area contributed by atoms with Crippen molar-refractivity contribution in [2.24, 2.45) is 0 Å². The Bertz CT molecular complexity index is 578. The minimum absolute atomic E-state index is 0.335. The Hall–Kier alpha value is -1.46. The molecule has 0 saturated heterocycles. The largest absolute Gasteiger partial charge is 0.468 e. The number of carbonyl (C=O) groups excluding carboxylic acids is 1. The lowest BCUT2D eigenvalue weighted by atomic mass is 9.87. The van der Waals surface area contributed by atoms with Gasteiger partial charge in [-0.15, -0.1) is 0 Å². The summed E-state index contributed by atoms with van der Waals surface area (Å²) in [5.74, 6) is -0.422. The average Bonchev–Trinajstić information content (AvgIpc) is 2.53. The summed E-state index contributed by atoms with van der Waals surface area (Å²) < 4.78 is 20.0. The highest BCUT2D eigenvalue weighted by Crippen LogP contribution is 2.29. The summed E-state index contributed by atoms with van der Waals surface area (Å²) in [7, 11) is -0.0466. The van der Waals surface area contributed by atoms with Gasteiger partial charge in [0.2, 0.25) is 0 Å². The first-order valence-electron chi connectivity index (χ1n) is 7.67. The SMILES string of the molecule is C=C(CC(CC)(N[S@](=O)C(C)(C)C)C(=O)OC)c1ccccc1. The van der Waals surface area contributed by atoms with Gasteiger partial charge < -0.3 is 4.74 Å². The lowest BCUT2D eigenvalue weighted by molar-refractivity contribution is -0.147.